The van der Waals surface area contributed by atoms with Gasteiger partial charge in [0.25, 0.3) is 0 Å². The lowest BCUT2D eigenvalue weighted by Gasteiger charge is -2.41. The second-order valence-electron chi connectivity index (χ2n) is 8.02. The maximum Gasteiger partial charge on any atom is 0.303 e. The molecule has 1 rings (SSSR count). The summed E-state index contributed by atoms with van der Waals surface area (Å²) in [7, 11) is 0. The van der Waals surface area contributed by atoms with Crippen LogP contribution >= 0.6 is 0 Å². The average Bonchev–Trinajstić information content (AvgIpc) is 2.78. The van der Waals surface area contributed by atoms with Gasteiger partial charge in [0.15, 0.2) is 0 Å². The highest BCUT2D eigenvalue weighted by molar-refractivity contribution is 5.89. The van der Waals surface area contributed by atoms with Crippen LogP contribution in [0.5, 0.6) is 0 Å². The van der Waals surface area contributed by atoms with E-state index < -0.39 is 73.3 Å². The molecule has 1 aliphatic rings. The first-order valence-electron chi connectivity index (χ1n) is 11.0. The van der Waals surface area contributed by atoms with Crippen molar-refractivity contribution in [3.05, 3.63) is 0 Å². The Morgan fingerprint density at radius 2 is 1.52 bits per heavy atom. The highest BCUT2D eigenvalue weighted by atomic mass is 16.5. The topological polar surface area (TPSA) is 226 Å². The van der Waals surface area contributed by atoms with Gasteiger partial charge < -0.3 is 51.1 Å². The number of hydrogen-bond acceptors (Lipinski definition) is 10. The Kier molecular flexibility index (Phi) is 13.4. The molecule has 1 aliphatic heterocycles. The number of carbonyl (C=O) groups excluding carboxylic acids is 2. The molecule has 33 heavy (non-hydrogen) atoms. The molecule has 0 aliphatic carbocycles. The number of carboxylic acid groups (broad SMARTS) is 1. The summed E-state index contributed by atoms with van der Waals surface area (Å²) < 4.78 is 5.62. The summed E-state index contributed by atoms with van der Waals surface area (Å²) in [5, 5.41) is 72.0. The minimum absolute atomic E-state index is 0.0197. The molecule has 9 N–H and O–H groups in total. The van der Waals surface area contributed by atoms with Crippen LogP contribution in [0.2, 0.25) is 0 Å². The fraction of sp³-hybridized carbons (Fsp3) is 0.850. The number of aliphatic hydroxyl groups excluding tert-OH is 6. The first-order valence-corrected chi connectivity index (χ1v) is 11.0. The monoisotopic (exact) mass is 480 g/mol. The zero-order chi connectivity index (χ0) is 25.0. The summed E-state index contributed by atoms with van der Waals surface area (Å²) in [5.41, 5.74) is 0. The molecule has 0 radical (unpaired) electrons. The Balaban J connectivity index is 2.77. The third kappa shape index (κ3) is 9.88. The SMILES string of the molecule is O=C(O)CCC(=O)NC(C(=O)NCC1OC(CCCCO)C(O)C(O)C1O)C(O)CCCO. The van der Waals surface area contributed by atoms with Crippen LogP contribution in [-0.2, 0) is 19.1 Å². The summed E-state index contributed by atoms with van der Waals surface area (Å²) in [6.45, 7) is -0.613. The number of carboxylic acids is 1. The number of unbranched alkanes of at least 4 members (excludes halogenated alkanes) is 1. The van der Waals surface area contributed by atoms with Gasteiger partial charge >= 0.3 is 5.97 Å². The van der Waals surface area contributed by atoms with Crippen LogP contribution in [0.1, 0.15) is 44.9 Å². The smallest absolute Gasteiger partial charge is 0.303 e. The molecule has 13 heteroatoms. The van der Waals surface area contributed by atoms with Gasteiger partial charge in [-0.2, -0.15) is 0 Å². The predicted molar refractivity (Wildman–Crippen MR) is 112 cm³/mol. The van der Waals surface area contributed by atoms with E-state index in [1.165, 1.54) is 0 Å². The predicted octanol–water partition coefficient (Wildman–Crippen LogP) is -3.40. The minimum atomic E-state index is -1.53. The second-order valence-corrected chi connectivity index (χ2v) is 8.02. The van der Waals surface area contributed by atoms with Crippen LogP contribution in [0.3, 0.4) is 0 Å². The van der Waals surface area contributed by atoms with Gasteiger partial charge in [-0.3, -0.25) is 14.4 Å². The molecule has 0 aromatic rings. The van der Waals surface area contributed by atoms with Crippen LogP contribution in [0.15, 0.2) is 0 Å². The minimum Gasteiger partial charge on any atom is -0.481 e. The maximum atomic E-state index is 12.7. The maximum absolute atomic E-state index is 12.7. The van der Waals surface area contributed by atoms with E-state index in [0.717, 1.165) is 0 Å². The summed E-state index contributed by atoms with van der Waals surface area (Å²) in [5.74, 6) is -2.81. The first kappa shape index (κ1) is 29.2. The number of carbonyl (C=O) groups is 3. The van der Waals surface area contributed by atoms with E-state index in [1.54, 1.807) is 0 Å². The molecule has 1 heterocycles. The Morgan fingerprint density at radius 3 is 2.12 bits per heavy atom. The number of aliphatic carboxylic acids is 1. The van der Waals surface area contributed by atoms with Crippen LogP contribution < -0.4 is 10.6 Å². The molecule has 192 valence electrons. The molecule has 0 aromatic carbocycles. The lowest BCUT2D eigenvalue weighted by Crippen LogP contribution is -2.61. The number of hydrogen-bond donors (Lipinski definition) is 9. The van der Waals surface area contributed by atoms with E-state index in [1.807, 2.05) is 0 Å². The average molecular weight is 481 g/mol. The fourth-order valence-electron chi connectivity index (χ4n) is 3.47. The Morgan fingerprint density at radius 1 is 0.879 bits per heavy atom. The van der Waals surface area contributed by atoms with Crippen molar-refractivity contribution in [1.82, 2.24) is 10.6 Å². The molecule has 1 saturated heterocycles. The van der Waals surface area contributed by atoms with Crippen molar-refractivity contribution in [3.63, 3.8) is 0 Å². The largest absolute Gasteiger partial charge is 0.481 e. The number of aliphatic hydroxyl groups is 6. The van der Waals surface area contributed by atoms with Gasteiger partial charge in [-0.15, -0.1) is 0 Å². The van der Waals surface area contributed by atoms with Gasteiger partial charge in [0.05, 0.1) is 18.6 Å². The molecule has 0 saturated carbocycles. The Hall–Kier alpha value is -1.87. The van der Waals surface area contributed by atoms with Gasteiger partial charge in [0.1, 0.15) is 30.5 Å². The molecular formula is C20H36N2O11. The quantitative estimate of drug-likeness (QED) is 0.105. The summed E-state index contributed by atoms with van der Waals surface area (Å²) in [4.78, 5) is 35.3. The lowest BCUT2D eigenvalue weighted by atomic mass is 9.92. The molecule has 13 nitrogen and oxygen atoms in total. The van der Waals surface area contributed by atoms with Crippen molar-refractivity contribution >= 4 is 17.8 Å². The first-order chi connectivity index (χ1) is 15.6. The standard InChI is InChI=1S/C20H36N2O11/c23-8-2-1-5-12-17(29)19(31)18(30)13(33-12)10-21-20(32)16(11(25)4-3-9-24)22-14(26)6-7-15(27)28/h11-13,16-19,23-25,29-31H,1-10H2,(H,21,32)(H,22,26)(H,27,28). The molecule has 0 aromatic heterocycles. The van der Waals surface area contributed by atoms with Crippen LogP contribution in [-0.4, -0.2) is 116 Å². The van der Waals surface area contributed by atoms with Crippen LogP contribution in [0.4, 0.5) is 0 Å². The van der Waals surface area contributed by atoms with Gasteiger partial charge in [-0.25, -0.2) is 0 Å². The number of rotatable bonds is 15. The molecular weight excluding hydrogens is 444 g/mol. The van der Waals surface area contributed by atoms with Crippen molar-refractivity contribution < 1.29 is 54.9 Å². The number of ether oxygens (including phenoxy) is 1. The number of nitrogens with one attached hydrogen (secondary N) is 2. The molecule has 1 fully saturated rings. The zero-order valence-corrected chi connectivity index (χ0v) is 18.4. The normalized spacial score (nSPS) is 26.9. The van der Waals surface area contributed by atoms with Crippen LogP contribution in [0, 0.1) is 0 Å². The van der Waals surface area contributed by atoms with E-state index in [4.69, 9.17) is 20.1 Å². The summed E-state index contributed by atoms with van der Waals surface area (Å²) >= 11 is 0. The molecule has 0 spiro atoms. The third-order valence-corrected chi connectivity index (χ3v) is 5.39. The summed E-state index contributed by atoms with van der Waals surface area (Å²) in [6, 6.07) is -1.45. The van der Waals surface area contributed by atoms with Gasteiger partial charge in [0, 0.05) is 26.2 Å². The van der Waals surface area contributed by atoms with Crippen molar-refractivity contribution in [2.24, 2.45) is 0 Å². The zero-order valence-electron chi connectivity index (χ0n) is 18.4. The molecule has 7 unspecified atom stereocenters. The van der Waals surface area contributed by atoms with Gasteiger partial charge in [-0.05, 0) is 32.1 Å². The molecule has 2 amide bonds. The van der Waals surface area contributed by atoms with E-state index in [2.05, 4.69) is 10.6 Å². The van der Waals surface area contributed by atoms with Crippen molar-refractivity contribution in [2.45, 2.75) is 87.6 Å². The molecule has 0 bridgehead atoms. The van der Waals surface area contributed by atoms with E-state index >= 15 is 0 Å². The van der Waals surface area contributed by atoms with Crippen molar-refractivity contribution in [1.29, 1.82) is 0 Å². The molecule has 7 atom stereocenters. The Labute approximate surface area is 191 Å². The highest BCUT2D eigenvalue weighted by Crippen LogP contribution is 2.24. The Bertz CT molecular complexity index is 621. The van der Waals surface area contributed by atoms with Crippen molar-refractivity contribution in [2.75, 3.05) is 19.8 Å². The fourth-order valence-corrected chi connectivity index (χ4v) is 3.47. The highest BCUT2D eigenvalue weighted by Gasteiger charge is 2.43. The van der Waals surface area contributed by atoms with Gasteiger partial charge in [0.2, 0.25) is 11.8 Å². The second kappa shape index (κ2) is 15.1. The van der Waals surface area contributed by atoms with E-state index in [-0.39, 0.29) is 32.6 Å². The van der Waals surface area contributed by atoms with Crippen LogP contribution in [0.25, 0.3) is 0 Å². The summed E-state index contributed by atoms with van der Waals surface area (Å²) in [6.07, 6.45) is -7.17. The lowest BCUT2D eigenvalue weighted by molar-refractivity contribution is -0.222. The van der Waals surface area contributed by atoms with Gasteiger partial charge in [-0.1, -0.05) is 0 Å². The van der Waals surface area contributed by atoms with Crippen molar-refractivity contribution in [3.8, 4) is 0 Å². The van der Waals surface area contributed by atoms with E-state index in [0.29, 0.717) is 19.3 Å². The van der Waals surface area contributed by atoms with E-state index in [9.17, 15) is 34.8 Å². The third-order valence-electron chi connectivity index (χ3n) is 5.39. The number of amides is 2.